The molecule has 6 nitrogen and oxygen atoms in total. The highest BCUT2D eigenvalue weighted by Crippen LogP contribution is 2.34. The number of benzene rings is 2. The monoisotopic (exact) mass is 433 g/mol. The van der Waals surface area contributed by atoms with Crippen LogP contribution in [0.5, 0.6) is 0 Å². The molecule has 0 fully saturated rings. The lowest BCUT2D eigenvalue weighted by molar-refractivity contribution is -0.138. The fourth-order valence-electron chi connectivity index (χ4n) is 3.67. The molecular formula is C22H22F3N3O3. The van der Waals surface area contributed by atoms with Crippen LogP contribution in [0.15, 0.2) is 42.5 Å². The Hall–Kier alpha value is -3.36. The van der Waals surface area contributed by atoms with Gasteiger partial charge >= 0.3 is 6.18 Å². The minimum atomic E-state index is -4.71. The zero-order chi connectivity index (χ0) is 22.9. The molecule has 1 atom stereocenters. The van der Waals surface area contributed by atoms with Crippen LogP contribution in [0.1, 0.15) is 34.0 Å². The molecule has 1 unspecified atom stereocenters. The third-order valence-corrected chi connectivity index (χ3v) is 5.11. The molecule has 0 aliphatic carbocycles. The summed E-state index contributed by atoms with van der Waals surface area (Å²) in [6.07, 6.45) is -4.55. The maximum atomic E-state index is 13.5. The summed E-state index contributed by atoms with van der Waals surface area (Å²) in [6.45, 7) is 1.30. The van der Waals surface area contributed by atoms with Crippen molar-refractivity contribution in [3.05, 3.63) is 64.7 Å². The molecule has 0 saturated heterocycles. The van der Waals surface area contributed by atoms with Gasteiger partial charge in [-0.05, 0) is 35.4 Å². The number of hydrogen-bond acceptors (Lipinski definition) is 3. The number of hydrogen-bond donors (Lipinski definition) is 1. The summed E-state index contributed by atoms with van der Waals surface area (Å²) in [5.74, 6) is -1.53. The molecule has 0 spiro atoms. The Morgan fingerprint density at radius 1 is 1.06 bits per heavy atom. The summed E-state index contributed by atoms with van der Waals surface area (Å²) < 4.78 is 40.5. The second-order valence-electron chi connectivity index (χ2n) is 7.59. The van der Waals surface area contributed by atoms with Gasteiger partial charge in [0.2, 0.25) is 11.8 Å². The SMILES string of the molecule is CC(=O)Nc1ccc2c(c1)CN(C(=O)c1ccccc1C(F)(F)F)C(C(=O)N(C)C)C2. The normalized spacial score (nSPS) is 15.8. The number of carbonyl (C=O) groups is 3. The van der Waals surface area contributed by atoms with Crippen LogP contribution in [0, 0.1) is 0 Å². The molecule has 31 heavy (non-hydrogen) atoms. The van der Waals surface area contributed by atoms with E-state index in [0.717, 1.165) is 17.7 Å². The molecule has 1 N–H and O–H groups in total. The highest BCUT2D eigenvalue weighted by molar-refractivity contribution is 5.99. The number of halogens is 3. The predicted octanol–water partition coefficient (Wildman–Crippen LogP) is 3.32. The summed E-state index contributed by atoms with van der Waals surface area (Å²) >= 11 is 0. The second kappa shape index (κ2) is 8.41. The Bertz CT molecular complexity index is 1030. The van der Waals surface area contributed by atoms with Crippen LogP contribution in [0.3, 0.4) is 0 Å². The molecular weight excluding hydrogens is 411 g/mol. The number of anilines is 1. The molecule has 0 bridgehead atoms. The molecule has 1 aliphatic heterocycles. The zero-order valence-corrected chi connectivity index (χ0v) is 17.3. The van der Waals surface area contributed by atoms with E-state index in [1.54, 1.807) is 18.2 Å². The first kappa shape index (κ1) is 22.3. The second-order valence-corrected chi connectivity index (χ2v) is 7.59. The first-order chi connectivity index (χ1) is 14.5. The van der Waals surface area contributed by atoms with Crippen molar-refractivity contribution in [1.82, 2.24) is 9.80 Å². The van der Waals surface area contributed by atoms with Gasteiger partial charge in [-0.25, -0.2) is 0 Å². The van der Waals surface area contributed by atoms with Crippen LogP contribution in [0.4, 0.5) is 18.9 Å². The number of carbonyl (C=O) groups excluding carboxylic acids is 3. The Balaban J connectivity index is 2.05. The Morgan fingerprint density at radius 2 is 1.74 bits per heavy atom. The van der Waals surface area contributed by atoms with Crippen LogP contribution in [-0.2, 0) is 28.7 Å². The van der Waals surface area contributed by atoms with Gasteiger partial charge in [0.1, 0.15) is 6.04 Å². The van der Waals surface area contributed by atoms with Crippen molar-refractivity contribution in [2.75, 3.05) is 19.4 Å². The van der Waals surface area contributed by atoms with E-state index in [1.165, 1.54) is 43.0 Å². The molecule has 0 saturated carbocycles. The number of nitrogens with zero attached hydrogens (tertiary/aromatic N) is 2. The zero-order valence-electron chi connectivity index (χ0n) is 17.3. The standard InChI is InChI=1S/C22H22F3N3O3/c1-13(29)26-16-9-8-14-11-19(21(31)27(2)3)28(12-15(14)10-16)20(30)17-6-4-5-7-18(17)22(23,24)25/h4-10,19H,11-12H2,1-3H3,(H,26,29). The van der Waals surface area contributed by atoms with Crippen LogP contribution in [-0.4, -0.2) is 47.7 Å². The molecule has 2 aromatic carbocycles. The van der Waals surface area contributed by atoms with Crippen molar-refractivity contribution in [3.63, 3.8) is 0 Å². The highest BCUT2D eigenvalue weighted by Gasteiger charge is 2.40. The number of likely N-dealkylation sites (N-methyl/N-ethyl adjacent to an activating group) is 1. The van der Waals surface area contributed by atoms with Crippen molar-refractivity contribution in [3.8, 4) is 0 Å². The number of alkyl halides is 3. The first-order valence-electron chi connectivity index (χ1n) is 9.56. The summed E-state index contributed by atoms with van der Waals surface area (Å²) in [6, 6.07) is 8.71. The summed E-state index contributed by atoms with van der Waals surface area (Å²) in [7, 11) is 3.06. The van der Waals surface area contributed by atoms with E-state index < -0.39 is 29.3 Å². The molecule has 164 valence electrons. The van der Waals surface area contributed by atoms with Crippen molar-refractivity contribution in [2.24, 2.45) is 0 Å². The fourth-order valence-corrected chi connectivity index (χ4v) is 3.67. The summed E-state index contributed by atoms with van der Waals surface area (Å²) in [5.41, 5.74) is 0.406. The number of amides is 3. The van der Waals surface area contributed by atoms with Crippen molar-refractivity contribution in [1.29, 1.82) is 0 Å². The Morgan fingerprint density at radius 3 is 2.35 bits per heavy atom. The van der Waals surface area contributed by atoms with Gasteiger partial charge < -0.3 is 15.1 Å². The first-order valence-corrected chi connectivity index (χ1v) is 9.56. The molecule has 3 rings (SSSR count). The van der Waals surface area contributed by atoms with Gasteiger partial charge in [0.15, 0.2) is 0 Å². The van der Waals surface area contributed by atoms with E-state index in [1.807, 2.05) is 0 Å². The lowest BCUT2D eigenvalue weighted by atomic mass is 9.91. The van der Waals surface area contributed by atoms with Gasteiger partial charge in [0, 0.05) is 39.7 Å². The predicted molar refractivity (Wildman–Crippen MR) is 108 cm³/mol. The molecule has 1 aliphatic rings. The van der Waals surface area contributed by atoms with Gasteiger partial charge in [0.05, 0.1) is 11.1 Å². The Kier molecular flexibility index (Phi) is 6.06. The average molecular weight is 433 g/mol. The van der Waals surface area contributed by atoms with Crippen molar-refractivity contribution in [2.45, 2.75) is 32.1 Å². The topological polar surface area (TPSA) is 69.7 Å². The average Bonchev–Trinajstić information content (AvgIpc) is 2.70. The molecule has 0 radical (unpaired) electrons. The number of rotatable bonds is 3. The van der Waals surface area contributed by atoms with Gasteiger partial charge in [0.25, 0.3) is 5.91 Å². The third kappa shape index (κ3) is 4.70. The summed E-state index contributed by atoms with van der Waals surface area (Å²) in [4.78, 5) is 39.9. The highest BCUT2D eigenvalue weighted by atomic mass is 19.4. The molecule has 2 aromatic rings. The van der Waals surface area contributed by atoms with Crippen LogP contribution in [0.25, 0.3) is 0 Å². The number of fused-ring (bicyclic) bond motifs is 1. The van der Waals surface area contributed by atoms with Crippen LogP contribution >= 0.6 is 0 Å². The maximum Gasteiger partial charge on any atom is 0.417 e. The van der Waals surface area contributed by atoms with E-state index in [-0.39, 0.29) is 24.8 Å². The molecule has 3 amide bonds. The minimum Gasteiger partial charge on any atom is -0.347 e. The lowest BCUT2D eigenvalue weighted by Crippen LogP contribution is -2.52. The van der Waals surface area contributed by atoms with E-state index in [2.05, 4.69) is 5.32 Å². The van der Waals surface area contributed by atoms with Gasteiger partial charge in [-0.15, -0.1) is 0 Å². The maximum absolute atomic E-state index is 13.5. The van der Waals surface area contributed by atoms with E-state index >= 15 is 0 Å². The van der Waals surface area contributed by atoms with E-state index in [9.17, 15) is 27.6 Å². The molecule has 9 heteroatoms. The largest absolute Gasteiger partial charge is 0.417 e. The van der Waals surface area contributed by atoms with E-state index in [0.29, 0.717) is 11.3 Å². The van der Waals surface area contributed by atoms with Crippen LogP contribution < -0.4 is 5.32 Å². The fraction of sp³-hybridized carbons (Fsp3) is 0.318. The van der Waals surface area contributed by atoms with E-state index in [4.69, 9.17) is 0 Å². The number of nitrogens with one attached hydrogen (secondary N) is 1. The lowest BCUT2D eigenvalue weighted by Gasteiger charge is -2.37. The third-order valence-electron chi connectivity index (χ3n) is 5.11. The quantitative estimate of drug-likeness (QED) is 0.808. The van der Waals surface area contributed by atoms with Crippen LogP contribution in [0.2, 0.25) is 0 Å². The summed E-state index contributed by atoms with van der Waals surface area (Å²) in [5, 5.41) is 2.65. The Labute approximate surface area is 177 Å². The van der Waals surface area contributed by atoms with Crippen molar-refractivity contribution < 1.29 is 27.6 Å². The minimum absolute atomic E-state index is 0.0575. The molecule has 1 heterocycles. The van der Waals surface area contributed by atoms with Gasteiger partial charge in [-0.2, -0.15) is 13.2 Å². The van der Waals surface area contributed by atoms with Gasteiger partial charge in [-0.3, -0.25) is 14.4 Å². The van der Waals surface area contributed by atoms with Gasteiger partial charge in [-0.1, -0.05) is 18.2 Å². The van der Waals surface area contributed by atoms with Crippen molar-refractivity contribution >= 4 is 23.4 Å². The smallest absolute Gasteiger partial charge is 0.347 e. The molecule has 0 aromatic heterocycles.